The lowest BCUT2D eigenvalue weighted by Gasteiger charge is -2.13. The molecule has 0 saturated carbocycles. The third-order valence-corrected chi connectivity index (χ3v) is 3.31. The maximum atomic E-state index is 12.7. The Morgan fingerprint density at radius 3 is 2.56 bits per heavy atom. The number of halogens is 3. The summed E-state index contributed by atoms with van der Waals surface area (Å²) in [5.74, 6) is -0.127. The molecule has 2 aromatic rings. The number of nitrogens with one attached hydrogen (secondary N) is 2. The van der Waals surface area contributed by atoms with Gasteiger partial charge < -0.3 is 10.1 Å². The second-order valence-electron chi connectivity index (χ2n) is 4.92. The first-order valence-electron chi connectivity index (χ1n) is 7.32. The Morgan fingerprint density at radius 1 is 1.16 bits per heavy atom. The lowest BCUT2D eigenvalue weighted by molar-refractivity contribution is -0.137. The fraction of sp³-hybridized carbons (Fsp3) is 0.176. The van der Waals surface area contributed by atoms with Crippen molar-refractivity contribution in [2.24, 2.45) is 0 Å². The Balaban J connectivity index is 2.07. The van der Waals surface area contributed by atoms with Crippen molar-refractivity contribution in [2.45, 2.75) is 13.1 Å². The number of carbonyl (C=O) groups is 1. The Kier molecular flexibility index (Phi) is 5.97. The standard InChI is InChI=1S/C17H15F3N2O2S/c1-2-24-14-9-4-3-8-13(14)15(23)22-16(25)21-12-7-5-6-11(10-12)17(18,19)20/h3-10H,2H2,1H3,(H2,21,22,23,25). The largest absolute Gasteiger partial charge is 0.493 e. The highest BCUT2D eigenvalue weighted by Crippen LogP contribution is 2.30. The topological polar surface area (TPSA) is 50.4 Å². The molecule has 0 aliphatic rings. The Hall–Kier alpha value is -2.61. The van der Waals surface area contributed by atoms with Crippen molar-refractivity contribution in [2.75, 3.05) is 11.9 Å². The minimum absolute atomic E-state index is 0.115. The predicted octanol–water partition coefficient (Wildman–Crippen LogP) is 4.23. The van der Waals surface area contributed by atoms with Gasteiger partial charge in [0.05, 0.1) is 17.7 Å². The van der Waals surface area contributed by atoms with Crippen LogP contribution in [0.2, 0.25) is 0 Å². The summed E-state index contributed by atoms with van der Waals surface area (Å²) in [6.07, 6.45) is -4.46. The summed E-state index contributed by atoms with van der Waals surface area (Å²) >= 11 is 4.99. The summed E-state index contributed by atoms with van der Waals surface area (Å²) in [6.45, 7) is 2.17. The van der Waals surface area contributed by atoms with Crippen LogP contribution in [0.25, 0.3) is 0 Å². The maximum Gasteiger partial charge on any atom is 0.416 e. The zero-order chi connectivity index (χ0) is 18.4. The van der Waals surface area contributed by atoms with Crippen molar-refractivity contribution in [1.82, 2.24) is 5.32 Å². The van der Waals surface area contributed by atoms with E-state index >= 15 is 0 Å². The molecule has 25 heavy (non-hydrogen) atoms. The van der Waals surface area contributed by atoms with E-state index in [1.165, 1.54) is 12.1 Å². The molecule has 0 aromatic heterocycles. The number of carbonyl (C=O) groups excluding carboxylic acids is 1. The van der Waals surface area contributed by atoms with Crippen molar-refractivity contribution in [3.05, 3.63) is 59.7 Å². The fourth-order valence-corrected chi connectivity index (χ4v) is 2.25. The van der Waals surface area contributed by atoms with E-state index in [1.54, 1.807) is 31.2 Å². The first-order valence-corrected chi connectivity index (χ1v) is 7.73. The fourth-order valence-electron chi connectivity index (χ4n) is 2.04. The van der Waals surface area contributed by atoms with E-state index in [0.717, 1.165) is 12.1 Å². The van der Waals surface area contributed by atoms with E-state index in [0.29, 0.717) is 12.4 Å². The molecule has 0 bridgehead atoms. The van der Waals surface area contributed by atoms with Gasteiger partial charge in [0.2, 0.25) is 0 Å². The quantitative estimate of drug-likeness (QED) is 0.793. The van der Waals surface area contributed by atoms with Crippen LogP contribution >= 0.6 is 12.2 Å². The summed E-state index contributed by atoms with van der Waals surface area (Å²) in [6, 6.07) is 11.1. The van der Waals surface area contributed by atoms with Crippen LogP contribution in [-0.2, 0) is 6.18 Å². The zero-order valence-corrected chi connectivity index (χ0v) is 14.0. The van der Waals surface area contributed by atoms with E-state index in [9.17, 15) is 18.0 Å². The molecule has 8 heteroatoms. The van der Waals surface area contributed by atoms with Crippen molar-refractivity contribution in [3.8, 4) is 5.75 Å². The Bertz CT molecular complexity index is 778. The highest BCUT2D eigenvalue weighted by molar-refractivity contribution is 7.80. The van der Waals surface area contributed by atoms with Crippen LogP contribution in [0.3, 0.4) is 0 Å². The number of amides is 1. The third-order valence-electron chi connectivity index (χ3n) is 3.11. The lowest BCUT2D eigenvalue weighted by atomic mass is 10.2. The van der Waals surface area contributed by atoms with Crippen LogP contribution in [-0.4, -0.2) is 17.6 Å². The molecule has 2 rings (SSSR count). The molecule has 132 valence electrons. The maximum absolute atomic E-state index is 12.7. The van der Waals surface area contributed by atoms with Crippen molar-refractivity contribution < 1.29 is 22.7 Å². The number of benzene rings is 2. The molecule has 0 fully saturated rings. The molecule has 2 aromatic carbocycles. The van der Waals surface area contributed by atoms with E-state index in [2.05, 4.69) is 10.6 Å². The molecule has 0 saturated heterocycles. The van der Waals surface area contributed by atoms with Gasteiger partial charge in [-0.3, -0.25) is 10.1 Å². The summed E-state index contributed by atoms with van der Waals surface area (Å²) in [5.41, 5.74) is -0.413. The minimum atomic E-state index is -4.46. The number of thiocarbonyl (C=S) groups is 1. The van der Waals surface area contributed by atoms with Crippen LogP contribution in [0, 0.1) is 0 Å². The monoisotopic (exact) mass is 368 g/mol. The SMILES string of the molecule is CCOc1ccccc1C(=O)NC(=S)Nc1cccc(C(F)(F)F)c1. The van der Waals surface area contributed by atoms with Gasteiger partial charge in [-0.15, -0.1) is 0 Å². The highest BCUT2D eigenvalue weighted by Gasteiger charge is 2.30. The Labute approximate surface area is 148 Å². The van der Waals surface area contributed by atoms with Gasteiger partial charge >= 0.3 is 6.18 Å². The molecular formula is C17H15F3N2O2S. The summed E-state index contributed by atoms with van der Waals surface area (Å²) in [5, 5.41) is 4.87. The number of alkyl halides is 3. The molecule has 0 aliphatic heterocycles. The molecular weight excluding hydrogens is 353 g/mol. The molecule has 0 spiro atoms. The molecule has 4 nitrogen and oxygen atoms in total. The van der Waals surface area contributed by atoms with Crippen molar-refractivity contribution in [1.29, 1.82) is 0 Å². The third kappa shape index (κ3) is 5.18. The first-order chi connectivity index (χ1) is 11.8. The smallest absolute Gasteiger partial charge is 0.416 e. The van der Waals surface area contributed by atoms with Gasteiger partial charge in [0, 0.05) is 5.69 Å². The summed E-state index contributed by atoms with van der Waals surface area (Å²) in [7, 11) is 0. The highest BCUT2D eigenvalue weighted by atomic mass is 32.1. The number of para-hydroxylation sites is 1. The van der Waals surface area contributed by atoms with Gasteiger partial charge in [0.1, 0.15) is 5.75 Å². The molecule has 0 unspecified atom stereocenters. The number of ether oxygens (including phenoxy) is 1. The van der Waals surface area contributed by atoms with Gasteiger partial charge in [0.25, 0.3) is 5.91 Å². The average Bonchev–Trinajstić information content (AvgIpc) is 2.55. The van der Waals surface area contributed by atoms with Gasteiger partial charge in [-0.05, 0) is 49.5 Å². The van der Waals surface area contributed by atoms with E-state index < -0.39 is 17.6 Å². The number of hydrogen-bond acceptors (Lipinski definition) is 3. The van der Waals surface area contributed by atoms with E-state index in [1.807, 2.05) is 0 Å². The summed E-state index contributed by atoms with van der Waals surface area (Å²) < 4.78 is 43.5. The molecule has 0 aliphatic carbocycles. The van der Waals surface area contributed by atoms with Crippen LogP contribution in [0.4, 0.5) is 18.9 Å². The Morgan fingerprint density at radius 2 is 1.88 bits per heavy atom. The van der Waals surface area contributed by atoms with Crippen molar-refractivity contribution in [3.63, 3.8) is 0 Å². The normalized spacial score (nSPS) is 10.9. The molecule has 1 amide bonds. The minimum Gasteiger partial charge on any atom is -0.493 e. The van der Waals surface area contributed by atoms with Gasteiger partial charge in [-0.2, -0.15) is 13.2 Å². The second kappa shape index (κ2) is 7.98. The molecule has 2 N–H and O–H groups in total. The molecule has 0 atom stereocenters. The van der Waals surface area contributed by atoms with Crippen LogP contribution in [0.1, 0.15) is 22.8 Å². The number of rotatable bonds is 4. The number of hydrogen-bond donors (Lipinski definition) is 2. The molecule has 0 radical (unpaired) electrons. The van der Waals surface area contributed by atoms with Crippen LogP contribution in [0.5, 0.6) is 5.75 Å². The molecule has 0 heterocycles. The lowest BCUT2D eigenvalue weighted by Crippen LogP contribution is -2.34. The van der Waals surface area contributed by atoms with Gasteiger partial charge in [-0.25, -0.2) is 0 Å². The summed E-state index contributed by atoms with van der Waals surface area (Å²) in [4.78, 5) is 12.3. The second-order valence-corrected chi connectivity index (χ2v) is 5.32. The zero-order valence-electron chi connectivity index (χ0n) is 13.2. The average molecular weight is 368 g/mol. The van der Waals surface area contributed by atoms with Crippen molar-refractivity contribution >= 4 is 28.9 Å². The van der Waals surface area contributed by atoms with Gasteiger partial charge in [-0.1, -0.05) is 18.2 Å². The predicted molar refractivity (Wildman–Crippen MR) is 92.7 cm³/mol. The van der Waals surface area contributed by atoms with E-state index in [4.69, 9.17) is 17.0 Å². The van der Waals surface area contributed by atoms with E-state index in [-0.39, 0.29) is 16.4 Å². The first kappa shape index (κ1) is 18.7. The van der Waals surface area contributed by atoms with Crippen LogP contribution < -0.4 is 15.4 Å². The van der Waals surface area contributed by atoms with Crippen LogP contribution in [0.15, 0.2) is 48.5 Å². The van der Waals surface area contributed by atoms with Gasteiger partial charge in [0.15, 0.2) is 5.11 Å². The number of anilines is 1.